The Morgan fingerprint density at radius 3 is 2.56 bits per heavy atom. The summed E-state index contributed by atoms with van der Waals surface area (Å²) in [7, 11) is 2.70. The number of hydrogen-bond donors (Lipinski definition) is 7. The number of carbonyl (C=O) groups excluding carboxylic acids is 3. The highest BCUT2D eigenvalue weighted by atomic mass is 32.1. The first-order valence-electron chi connectivity index (χ1n) is 11.5. The number of amides is 3. The van der Waals surface area contributed by atoms with E-state index in [2.05, 4.69) is 35.9 Å². The molecule has 0 spiro atoms. The van der Waals surface area contributed by atoms with Crippen molar-refractivity contribution < 1.29 is 39.2 Å². The van der Waals surface area contributed by atoms with E-state index < -0.39 is 23.8 Å². The van der Waals surface area contributed by atoms with E-state index in [0.717, 1.165) is 17.7 Å². The van der Waals surface area contributed by atoms with Crippen LogP contribution < -0.4 is 26.0 Å². The highest BCUT2D eigenvalue weighted by molar-refractivity contribution is 7.15. The lowest BCUT2D eigenvalue weighted by Gasteiger charge is -2.18. The van der Waals surface area contributed by atoms with Crippen molar-refractivity contribution in [2.24, 2.45) is 5.92 Å². The number of anilines is 3. The Hall–Kier alpha value is -4.38. The van der Waals surface area contributed by atoms with Crippen LogP contribution in [0.2, 0.25) is 0 Å². The highest BCUT2D eigenvalue weighted by Gasteiger charge is 2.31. The quantitative estimate of drug-likeness (QED) is 0.172. The fourth-order valence-corrected chi connectivity index (χ4v) is 4.29. The van der Waals surface area contributed by atoms with E-state index in [4.69, 9.17) is 4.74 Å². The number of hydrogen-bond acceptors (Lipinski definition) is 13. The number of para-hydroxylation sites is 1. The molecule has 1 saturated carbocycles. The highest BCUT2D eigenvalue weighted by Crippen LogP contribution is 2.40. The molecule has 0 atom stereocenters. The number of aromatic nitrogens is 3. The maximum atomic E-state index is 12.6. The van der Waals surface area contributed by atoms with Gasteiger partial charge in [0.25, 0.3) is 5.91 Å². The molecule has 3 amide bonds. The molecule has 4 rings (SSSR count). The van der Waals surface area contributed by atoms with Gasteiger partial charge in [0, 0.05) is 23.1 Å². The zero-order valence-corrected chi connectivity index (χ0v) is 21.5. The molecule has 1 aliphatic rings. The molecular weight excluding hydrogens is 534 g/mol. The summed E-state index contributed by atoms with van der Waals surface area (Å²) in [6, 6.07) is 6.45. The van der Waals surface area contributed by atoms with Crippen molar-refractivity contribution in [3.63, 3.8) is 0 Å². The molecule has 1 fully saturated rings. The largest absolute Gasteiger partial charge is 0.494 e. The van der Waals surface area contributed by atoms with E-state index in [0.29, 0.717) is 22.0 Å². The lowest BCUT2D eigenvalue weighted by Crippen LogP contribution is -2.48. The average molecular weight is 560 g/mol. The van der Waals surface area contributed by atoms with Crippen LogP contribution in [0.4, 0.5) is 22.0 Å². The molecule has 2 heterocycles. The van der Waals surface area contributed by atoms with Gasteiger partial charge >= 0.3 is 12.2 Å². The predicted molar refractivity (Wildman–Crippen MR) is 137 cm³/mol. The van der Waals surface area contributed by atoms with Crippen LogP contribution in [0.3, 0.4) is 0 Å². The third kappa shape index (κ3) is 7.14. The summed E-state index contributed by atoms with van der Waals surface area (Å²) in [6.45, 7) is 0.211. The number of nitrogens with zero attached hydrogens (tertiary/aromatic N) is 3. The molecule has 16 heteroatoms. The number of benzene rings is 1. The second-order valence-electron chi connectivity index (χ2n) is 8.33. The summed E-state index contributed by atoms with van der Waals surface area (Å²) < 4.78 is 10.2. The first kappa shape index (κ1) is 27.6. The van der Waals surface area contributed by atoms with E-state index in [9.17, 15) is 29.7 Å². The summed E-state index contributed by atoms with van der Waals surface area (Å²) in [6.07, 6.45) is -0.953. The number of alkyl carbamates (subject to hydrolysis) is 1. The molecule has 15 nitrogen and oxygen atoms in total. The third-order valence-electron chi connectivity index (χ3n) is 5.35. The van der Waals surface area contributed by atoms with Crippen LogP contribution >= 0.6 is 11.3 Å². The fraction of sp³-hybridized carbons (Fsp3) is 0.304. The van der Waals surface area contributed by atoms with Gasteiger partial charge in [-0.25, -0.2) is 9.78 Å². The smallest absolute Gasteiger partial charge is 0.407 e. The predicted octanol–water partition coefficient (Wildman–Crippen LogP) is 0.875. The van der Waals surface area contributed by atoms with Gasteiger partial charge in [0.1, 0.15) is 5.01 Å². The summed E-state index contributed by atoms with van der Waals surface area (Å²) in [5.74, 6) is -1.14. The van der Waals surface area contributed by atoms with Gasteiger partial charge in [0.05, 0.1) is 37.7 Å². The van der Waals surface area contributed by atoms with Crippen LogP contribution in [0, 0.1) is 5.92 Å². The molecule has 2 aromatic heterocycles. The van der Waals surface area contributed by atoms with Crippen LogP contribution in [0.5, 0.6) is 5.75 Å². The van der Waals surface area contributed by atoms with Crippen LogP contribution in [0.25, 0.3) is 10.6 Å². The van der Waals surface area contributed by atoms with Gasteiger partial charge in [0.15, 0.2) is 17.3 Å². The molecule has 0 radical (unpaired) electrons. The van der Waals surface area contributed by atoms with Gasteiger partial charge < -0.3 is 40.7 Å². The summed E-state index contributed by atoms with van der Waals surface area (Å²) in [5, 5.41) is 45.6. The number of thiazole rings is 1. The lowest BCUT2D eigenvalue weighted by atomic mass is 10.1. The molecule has 0 aliphatic heterocycles. The van der Waals surface area contributed by atoms with E-state index >= 15 is 0 Å². The monoisotopic (exact) mass is 559 g/mol. The number of rotatable bonds is 10. The van der Waals surface area contributed by atoms with Gasteiger partial charge in [-0.1, -0.05) is 6.07 Å². The van der Waals surface area contributed by atoms with Crippen molar-refractivity contribution >= 4 is 46.4 Å². The van der Waals surface area contributed by atoms with Crippen molar-refractivity contribution in [2.45, 2.75) is 25.5 Å². The molecule has 0 saturated heterocycles. The first-order chi connectivity index (χ1) is 18.6. The molecule has 206 valence electrons. The number of carbonyl (C=O) groups is 3. The van der Waals surface area contributed by atoms with Gasteiger partial charge in [0.2, 0.25) is 5.91 Å². The lowest BCUT2D eigenvalue weighted by molar-refractivity contribution is -0.323. The van der Waals surface area contributed by atoms with E-state index in [1.165, 1.54) is 31.6 Å². The molecule has 0 bridgehead atoms. The van der Waals surface area contributed by atoms with Crippen molar-refractivity contribution in [1.29, 1.82) is 0 Å². The van der Waals surface area contributed by atoms with Gasteiger partial charge in [-0.05, 0) is 25.0 Å². The minimum absolute atomic E-state index is 0.00963. The van der Waals surface area contributed by atoms with Crippen molar-refractivity contribution in [2.75, 3.05) is 24.9 Å². The zero-order valence-electron chi connectivity index (χ0n) is 20.7. The summed E-state index contributed by atoms with van der Waals surface area (Å²) in [4.78, 5) is 41.4. The molecule has 0 unspecified atom stereocenters. The normalized spacial score (nSPS) is 12.8. The Labute approximate surface area is 225 Å². The van der Waals surface area contributed by atoms with Gasteiger partial charge in [-0.3, -0.25) is 14.9 Å². The third-order valence-corrected chi connectivity index (χ3v) is 6.39. The molecule has 7 N–H and O–H groups in total. The maximum Gasteiger partial charge on any atom is 0.407 e. The molecule has 3 aromatic rings. The fourth-order valence-electron chi connectivity index (χ4n) is 3.42. The SMILES string of the molecule is COC(=O)NCc1cnc(-c2cccc(Nc3cc(NC(=O)C4CC4)nnc3C(=O)NC(O)(O)O)c2OC)s1. The Morgan fingerprint density at radius 1 is 1.13 bits per heavy atom. The van der Waals surface area contributed by atoms with E-state index in [1.807, 2.05) is 0 Å². The standard InChI is InChI=1S/C23H25N7O8S/c1-37-18-13(21-24-9-12(39-21)10-25-22(33)38-2)4-3-5-14(18)26-15-8-16(27-19(31)11-6-7-11)29-30-17(15)20(32)28-23(34,35)36/h3-5,8-9,11,34-36H,6-7,10H2,1-2H3,(H,25,33)(H,28,32)(H2,26,27,29,31). The minimum Gasteiger partial charge on any atom is -0.494 e. The van der Waals surface area contributed by atoms with E-state index in [-0.39, 0.29) is 29.9 Å². The number of ether oxygens (including phenoxy) is 2. The molecular formula is C23H25N7O8S. The molecule has 1 aliphatic carbocycles. The van der Waals surface area contributed by atoms with Crippen LogP contribution in [-0.2, 0) is 16.1 Å². The van der Waals surface area contributed by atoms with Gasteiger partial charge in [-0.15, -0.1) is 21.5 Å². The van der Waals surface area contributed by atoms with Crippen molar-refractivity contribution in [3.8, 4) is 16.3 Å². The first-order valence-corrected chi connectivity index (χ1v) is 12.3. The number of methoxy groups -OCH3 is 2. The molecule has 1 aromatic carbocycles. The van der Waals surface area contributed by atoms with E-state index in [1.54, 1.807) is 29.7 Å². The summed E-state index contributed by atoms with van der Waals surface area (Å²) in [5.41, 5.74) is 0.547. The Balaban J connectivity index is 1.66. The van der Waals surface area contributed by atoms with Crippen molar-refractivity contribution in [1.82, 2.24) is 25.8 Å². The summed E-state index contributed by atoms with van der Waals surface area (Å²) >= 11 is 1.31. The minimum atomic E-state index is -3.50. The zero-order chi connectivity index (χ0) is 28.2. The van der Waals surface area contributed by atoms with Crippen LogP contribution in [0.1, 0.15) is 28.2 Å². The Kier molecular flexibility index (Phi) is 8.20. The second kappa shape index (κ2) is 11.6. The average Bonchev–Trinajstić information content (AvgIpc) is 3.64. The van der Waals surface area contributed by atoms with Crippen molar-refractivity contribution in [3.05, 3.63) is 41.0 Å². The van der Waals surface area contributed by atoms with Crippen LogP contribution in [-0.4, -0.2) is 68.7 Å². The number of aliphatic hydroxyl groups is 3. The topological polar surface area (TPSA) is 217 Å². The number of nitrogens with one attached hydrogen (secondary N) is 4. The second-order valence-corrected chi connectivity index (χ2v) is 9.45. The Bertz CT molecular complexity index is 1390. The van der Waals surface area contributed by atoms with Crippen LogP contribution in [0.15, 0.2) is 30.5 Å². The maximum absolute atomic E-state index is 12.6. The Morgan fingerprint density at radius 2 is 1.90 bits per heavy atom. The van der Waals surface area contributed by atoms with Gasteiger partial charge in [-0.2, -0.15) is 0 Å². The molecule has 39 heavy (non-hydrogen) atoms.